The van der Waals surface area contributed by atoms with Gasteiger partial charge in [-0.3, -0.25) is 4.79 Å². The van der Waals surface area contributed by atoms with E-state index in [0.29, 0.717) is 5.82 Å². The minimum absolute atomic E-state index is 0.0366. The van der Waals surface area contributed by atoms with E-state index in [1.165, 1.54) is 16.8 Å². The van der Waals surface area contributed by atoms with Gasteiger partial charge in [-0.05, 0) is 37.6 Å². The van der Waals surface area contributed by atoms with Gasteiger partial charge in [-0.25, -0.2) is 22.5 Å². The lowest BCUT2D eigenvalue weighted by molar-refractivity contribution is 0.545. The zero-order valence-corrected chi connectivity index (χ0v) is 16.4. The molecule has 28 heavy (non-hydrogen) atoms. The fourth-order valence-corrected chi connectivity index (χ4v) is 3.45. The highest BCUT2D eigenvalue weighted by atomic mass is 32.2. The maximum atomic E-state index is 12.1. The van der Waals surface area contributed by atoms with E-state index in [1.54, 1.807) is 22.9 Å². The minimum atomic E-state index is -3.62. The number of rotatable bonds is 7. The molecule has 0 bridgehead atoms. The molecule has 9 heteroatoms. The summed E-state index contributed by atoms with van der Waals surface area (Å²) in [5, 5.41) is 9.73. The zero-order chi connectivity index (χ0) is 20.1. The molecule has 0 amide bonds. The van der Waals surface area contributed by atoms with Crippen LogP contribution in [0.1, 0.15) is 17.0 Å². The predicted molar refractivity (Wildman–Crippen MR) is 107 cm³/mol. The molecule has 0 radical (unpaired) electrons. The summed E-state index contributed by atoms with van der Waals surface area (Å²) in [6, 6.07) is 14.0. The van der Waals surface area contributed by atoms with Gasteiger partial charge in [0.1, 0.15) is 0 Å². The monoisotopic (exact) mass is 399 g/mol. The fraction of sp³-hybridized carbons (Fsp3) is 0.211. The number of nitrogens with zero attached hydrogens (tertiary/aromatic N) is 4. The fourth-order valence-electron chi connectivity index (χ4n) is 2.65. The van der Waals surface area contributed by atoms with Gasteiger partial charge in [-0.2, -0.15) is 5.10 Å². The summed E-state index contributed by atoms with van der Waals surface area (Å²) in [4.78, 5) is 12.0. The van der Waals surface area contributed by atoms with Gasteiger partial charge in [-0.15, -0.1) is 5.10 Å². The summed E-state index contributed by atoms with van der Waals surface area (Å²) in [6.45, 7) is 3.90. The van der Waals surface area contributed by atoms with Gasteiger partial charge in [0.05, 0.1) is 12.2 Å². The van der Waals surface area contributed by atoms with Crippen LogP contribution < -0.4 is 10.3 Å². The third-order valence-corrected chi connectivity index (χ3v) is 5.05. The lowest BCUT2D eigenvalue weighted by Crippen LogP contribution is -2.31. The number of benzene rings is 1. The SMILES string of the molecule is Cc1cc(C)n(-c2ccc(=O)n(CCNS(=O)(=O)C=Cc3ccccc3)n2)n1. The first-order valence-corrected chi connectivity index (χ1v) is 10.2. The number of nitrogens with one attached hydrogen (secondary N) is 1. The van der Waals surface area contributed by atoms with Crippen LogP contribution in [0.4, 0.5) is 0 Å². The zero-order valence-electron chi connectivity index (χ0n) is 15.6. The van der Waals surface area contributed by atoms with E-state index in [4.69, 9.17) is 0 Å². The number of hydrogen-bond acceptors (Lipinski definition) is 5. The second kappa shape index (κ2) is 8.32. The second-order valence-electron chi connectivity index (χ2n) is 6.24. The predicted octanol–water partition coefficient (Wildman–Crippen LogP) is 1.64. The van der Waals surface area contributed by atoms with Crippen molar-refractivity contribution in [3.63, 3.8) is 0 Å². The standard InChI is InChI=1S/C19H21N5O3S/c1-15-14-16(2)24(21-15)18-8-9-19(25)23(22-18)12-11-20-28(26,27)13-10-17-6-4-3-5-7-17/h3-10,13-14,20H,11-12H2,1-2H3. The highest BCUT2D eigenvalue weighted by molar-refractivity contribution is 7.92. The maximum absolute atomic E-state index is 12.1. The average Bonchev–Trinajstić information content (AvgIpc) is 3.01. The first-order valence-electron chi connectivity index (χ1n) is 8.69. The van der Waals surface area contributed by atoms with Crippen LogP contribution in [0, 0.1) is 13.8 Å². The van der Waals surface area contributed by atoms with Crippen LogP contribution in [-0.4, -0.2) is 34.5 Å². The molecule has 0 saturated heterocycles. The molecule has 0 aliphatic heterocycles. The Hall–Kier alpha value is -3.04. The van der Waals surface area contributed by atoms with E-state index in [0.717, 1.165) is 22.4 Å². The average molecular weight is 399 g/mol. The molecular weight excluding hydrogens is 378 g/mol. The molecule has 0 spiro atoms. The molecule has 2 heterocycles. The van der Waals surface area contributed by atoms with Gasteiger partial charge in [-0.1, -0.05) is 30.3 Å². The van der Waals surface area contributed by atoms with Crippen molar-refractivity contribution in [1.29, 1.82) is 0 Å². The topological polar surface area (TPSA) is 98.9 Å². The summed E-state index contributed by atoms with van der Waals surface area (Å²) in [7, 11) is -3.62. The number of aromatic nitrogens is 4. The van der Waals surface area contributed by atoms with Gasteiger partial charge in [0.15, 0.2) is 5.82 Å². The summed E-state index contributed by atoms with van der Waals surface area (Å²) < 4.78 is 29.5. The normalized spacial score (nSPS) is 11.9. The van der Waals surface area contributed by atoms with E-state index in [9.17, 15) is 13.2 Å². The summed E-state index contributed by atoms with van der Waals surface area (Å²) in [5.74, 6) is 0.497. The van der Waals surface area contributed by atoms with Crippen LogP contribution >= 0.6 is 0 Å². The smallest absolute Gasteiger partial charge is 0.266 e. The molecule has 0 aliphatic rings. The minimum Gasteiger partial charge on any atom is -0.268 e. The second-order valence-corrected chi connectivity index (χ2v) is 7.90. The molecular formula is C19H21N5O3S. The summed E-state index contributed by atoms with van der Waals surface area (Å²) in [6.07, 6.45) is 1.51. The van der Waals surface area contributed by atoms with Crippen LogP contribution in [0.2, 0.25) is 0 Å². The van der Waals surface area contributed by atoms with Gasteiger partial charge in [0.25, 0.3) is 5.56 Å². The van der Waals surface area contributed by atoms with Gasteiger partial charge < -0.3 is 0 Å². The Morgan fingerprint density at radius 1 is 1.07 bits per heavy atom. The quantitative estimate of drug-likeness (QED) is 0.651. The summed E-state index contributed by atoms with van der Waals surface area (Å²) >= 11 is 0. The van der Waals surface area contributed by atoms with Crippen LogP contribution in [0.3, 0.4) is 0 Å². The van der Waals surface area contributed by atoms with Crippen LogP contribution in [0.15, 0.2) is 58.7 Å². The summed E-state index contributed by atoms with van der Waals surface area (Å²) in [5.41, 5.74) is 2.20. The van der Waals surface area contributed by atoms with Crippen molar-refractivity contribution in [2.75, 3.05) is 6.54 Å². The van der Waals surface area contributed by atoms with Crippen molar-refractivity contribution < 1.29 is 8.42 Å². The highest BCUT2D eigenvalue weighted by Gasteiger charge is 2.09. The Kier molecular flexibility index (Phi) is 5.86. The maximum Gasteiger partial charge on any atom is 0.266 e. The van der Waals surface area contributed by atoms with E-state index >= 15 is 0 Å². The van der Waals surface area contributed by atoms with E-state index < -0.39 is 10.0 Å². The third-order valence-electron chi connectivity index (χ3n) is 3.95. The Balaban J connectivity index is 1.67. The molecule has 0 aliphatic carbocycles. The molecule has 146 valence electrons. The Bertz CT molecular complexity index is 1150. The molecule has 8 nitrogen and oxygen atoms in total. The van der Waals surface area contributed by atoms with Crippen LogP contribution in [0.5, 0.6) is 0 Å². The first kappa shape index (κ1) is 19.7. The molecule has 2 aromatic heterocycles. The van der Waals surface area contributed by atoms with Crippen molar-refractivity contribution in [1.82, 2.24) is 24.3 Å². The Morgan fingerprint density at radius 2 is 1.82 bits per heavy atom. The molecule has 0 atom stereocenters. The molecule has 0 unspecified atom stereocenters. The van der Waals surface area contributed by atoms with Crippen molar-refractivity contribution in [3.05, 3.63) is 81.2 Å². The molecule has 3 rings (SSSR count). The Labute approximate surface area is 163 Å². The van der Waals surface area contributed by atoms with Gasteiger partial charge >= 0.3 is 0 Å². The van der Waals surface area contributed by atoms with Gasteiger partial charge in [0.2, 0.25) is 10.0 Å². The first-order chi connectivity index (χ1) is 13.3. The van der Waals surface area contributed by atoms with Crippen LogP contribution in [-0.2, 0) is 16.6 Å². The van der Waals surface area contributed by atoms with Crippen LogP contribution in [0.25, 0.3) is 11.9 Å². The number of sulfonamides is 1. The molecule has 0 saturated carbocycles. The third kappa shape index (κ3) is 5.02. The van der Waals surface area contributed by atoms with Crippen molar-refractivity contribution in [2.45, 2.75) is 20.4 Å². The molecule has 3 aromatic rings. The van der Waals surface area contributed by atoms with Crippen molar-refractivity contribution in [2.24, 2.45) is 0 Å². The molecule has 1 aromatic carbocycles. The lowest BCUT2D eigenvalue weighted by atomic mass is 10.2. The molecule has 1 N–H and O–H groups in total. The highest BCUT2D eigenvalue weighted by Crippen LogP contribution is 2.07. The molecule has 0 fully saturated rings. The Morgan fingerprint density at radius 3 is 2.50 bits per heavy atom. The lowest BCUT2D eigenvalue weighted by Gasteiger charge is -2.08. The number of aryl methyl sites for hydroxylation is 2. The van der Waals surface area contributed by atoms with Gasteiger partial charge in [0, 0.05) is 23.7 Å². The van der Waals surface area contributed by atoms with Crippen molar-refractivity contribution in [3.8, 4) is 5.82 Å². The van der Waals surface area contributed by atoms with Crippen molar-refractivity contribution >= 4 is 16.1 Å². The largest absolute Gasteiger partial charge is 0.268 e. The number of hydrogen-bond donors (Lipinski definition) is 1. The van der Waals surface area contributed by atoms with E-state index in [-0.39, 0.29) is 18.6 Å². The van der Waals surface area contributed by atoms with E-state index in [2.05, 4.69) is 14.9 Å². The van der Waals surface area contributed by atoms with E-state index in [1.807, 2.05) is 38.1 Å².